The lowest BCUT2D eigenvalue weighted by Crippen LogP contribution is -2.08. The largest absolute Gasteiger partial charge is 0.384 e. The van der Waals surface area contributed by atoms with Crippen LogP contribution in [0.1, 0.15) is 0 Å². The lowest BCUT2D eigenvalue weighted by molar-refractivity contribution is -0.745. The summed E-state index contributed by atoms with van der Waals surface area (Å²) in [5.41, 5.74) is 0.153. The van der Waals surface area contributed by atoms with Gasteiger partial charge in [0.1, 0.15) is 11.9 Å². The van der Waals surface area contributed by atoms with E-state index in [1.54, 1.807) is 0 Å². The molecule has 0 radical (unpaired) electrons. The summed E-state index contributed by atoms with van der Waals surface area (Å²) in [4.78, 5) is 16.6. The number of nitrogens with zero attached hydrogens (tertiary/aromatic N) is 1. The summed E-state index contributed by atoms with van der Waals surface area (Å²) >= 11 is 0. The van der Waals surface area contributed by atoms with Crippen molar-refractivity contribution in [1.82, 2.24) is 0 Å². The van der Waals surface area contributed by atoms with Gasteiger partial charge in [0.25, 0.3) is 15.9 Å². The molecule has 1 heterocycles. The molecule has 0 aromatic heterocycles. The Morgan fingerprint density at radius 1 is 1.47 bits per heavy atom. The average Bonchev–Trinajstić information content (AvgIpc) is 3.09. The Bertz CT molecular complexity index is 488. The SMILES string of the molecule is O=[N+](OCC1CO1)c1cccc(O[SH](=O)=O)c1. The molecule has 1 aromatic rings. The summed E-state index contributed by atoms with van der Waals surface area (Å²) in [5.74, 6) is 0.0609. The second-order valence-electron chi connectivity index (χ2n) is 3.32. The van der Waals surface area contributed by atoms with Crippen LogP contribution in [0.4, 0.5) is 5.69 Å². The molecule has 1 saturated heterocycles. The fourth-order valence-electron chi connectivity index (χ4n) is 1.13. The first-order chi connectivity index (χ1) is 8.15. The van der Waals surface area contributed by atoms with Gasteiger partial charge in [-0.1, -0.05) is 6.07 Å². The smallest absolute Gasteiger partial charge is 0.320 e. The summed E-state index contributed by atoms with van der Waals surface area (Å²) in [7, 11) is -3.00. The maximum absolute atomic E-state index is 11.4. The van der Waals surface area contributed by atoms with Crippen molar-refractivity contribution in [2.24, 2.45) is 0 Å². The van der Waals surface area contributed by atoms with E-state index >= 15 is 0 Å². The molecule has 2 rings (SSSR count). The minimum atomic E-state index is -3.00. The van der Waals surface area contributed by atoms with Crippen LogP contribution < -0.4 is 4.18 Å². The van der Waals surface area contributed by atoms with Crippen molar-refractivity contribution in [2.45, 2.75) is 6.10 Å². The number of epoxide rings is 1. The van der Waals surface area contributed by atoms with Crippen LogP contribution in [0, 0.1) is 4.91 Å². The molecular formula is C9H10NO6S+. The van der Waals surface area contributed by atoms with Gasteiger partial charge in [-0.15, -0.1) is 0 Å². The van der Waals surface area contributed by atoms with Gasteiger partial charge < -0.3 is 8.92 Å². The van der Waals surface area contributed by atoms with Crippen LogP contribution in [0.5, 0.6) is 5.75 Å². The highest BCUT2D eigenvalue weighted by Crippen LogP contribution is 2.20. The molecule has 0 aliphatic carbocycles. The third-order valence-corrected chi connectivity index (χ3v) is 2.35. The third-order valence-electron chi connectivity index (χ3n) is 1.99. The fourth-order valence-corrected chi connectivity index (χ4v) is 1.42. The highest BCUT2D eigenvalue weighted by atomic mass is 32.2. The van der Waals surface area contributed by atoms with Crippen molar-refractivity contribution < 1.29 is 27.1 Å². The van der Waals surface area contributed by atoms with Gasteiger partial charge in [0.05, 0.1) is 17.6 Å². The van der Waals surface area contributed by atoms with E-state index in [0.29, 0.717) is 11.5 Å². The molecular weight excluding hydrogens is 250 g/mol. The van der Waals surface area contributed by atoms with Gasteiger partial charge in [-0.3, -0.25) is 0 Å². The van der Waals surface area contributed by atoms with E-state index in [9.17, 15) is 13.3 Å². The Morgan fingerprint density at radius 3 is 2.88 bits per heavy atom. The standard InChI is InChI=1S/C9H10NO6S/c11-10(15-6-9-5-14-9)7-2-1-3-8(4-7)16-17(12)13/h1-4,9,17H,5-6H2/q+1. The van der Waals surface area contributed by atoms with Gasteiger partial charge in [-0.25, -0.2) is 4.84 Å². The topological polar surface area (TPSA) is 85.2 Å². The molecule has 1 aliphatic rings. The molecule has 0 spiro atoms. The van der Waals surface area contributed by atoms with Gasteiger partial charge in [0.15, 0.2) is 6.61 Å². The minimum Gasteiger partial charge on any atom is -0.384 e. The zero-order valence-electron chi connectivity index (χ0n) is 8.64. The van der Waals surface area contributed by atoms with E-state index in [1.165, 1.54) is 24.3 Å². The van der Waals surface area contributed by atoms with E-state index < -0.39 is 11.0 Å². The first kappa shape index (κ1) is 11.8. The molecule has 0 saturated carbocycles. The lowest BCUT2D eigenvalue weighted by Gasteiger charge is -1.96. The van der Waals surface area contributed by atoms with E-state index in [4.69, 9.17) is 9.57 Å². The highest BCUT2D eigenvalue weighted by Gasteiger charge is 2.28. The Hall–Kier alpha value is -1.67. The molecule has 1 aromatic carbocycles. The maximum atomic E-state index is 11.4. The van der Waals surface area contributed by atoms with Crippen LogP contribution in [0.2, 0.25) is 0 Å². The van der Waals surface area contributed by atoms with Gasteiger partial charge in [-0.05, 0) is 6.07 Å². The number of hydrogen-bond donors (Lipinski definition) is 1. The molecule has 17 heavy (non-hydrogen) atoms. The monoisotopic (exact) mass is 260 g/mol. The van der Waals surface area contributed by atoms with Crippen molar-refractivity contribution in [3.05, 3.63) is 29.2 Å². The molecule has 0 amide bonds. The first-order valence-corrected chi connectivity index (χ1v) is 5.89. The molecule has 7 nitrogen and oxygen atoms in total. The number of benzene rings is 1. The Morgan fingerprint density at radius 2 is 2.24 bits per heavy atom. The third kappa shape index (κ3) is 3.68. The van der Waals surface area contributed by atoms with Crippen LogP contribution in [0.15, 0.2) is 24.3 Å². The summed E-state index contributed by atoms with van der Waals surface area (Å²) in [6, 6.07) is 5.66. The molecule has 0 N–H and O–H groups in total. The number of thiol groups is 1. The summed E-state index contributed by atoms with van der Waals surface area (Å²) in [6.45, 7) is 0.762. The number of ether oxygens (including phenoxy) is 1. The van der Waals surface area contributed by atoms with E-state index in [0.717, 1.165) is 0 Å². The predicted molar refractivity (Wildman–Crippen MR) is 56.4 cm³/mol. The summed E-state index contributed by atoms with van der Waals surface area (Å²) < 4.78 is 30.0. The molecule has 1 aliphatic heterocycles. The number of rotatable bonds is 6. The predicted octanol–water partition coefficient (Wildman–Crippen LogP) is 0.333. The molecule has 92 valence electrons. The van der Waals surface area contributed by atoms with Gasteiger partial charge >= 0.3 is 5.69 Å². The normalized spacial score (nSPS) is 17.8. The summed E-state index contributed by atoms with van der Waals surface area (Å²) in [6.07, 6.45) is -0.0259. The molecule has 1 atom stereocenters. The molecule has 8 heteroatoms. The van der Waals surface area contributed by atoms with E-state index in [-0.39, 0.29) is 24.1 Å². The van der Waals surface area contributed by atoms with Crippen molar-refractivity contribution in [2.75, 3.05) is 13.2 Å². The lowest BCUT2D eigenvalue weighted by atomic mass is 10.3. The van der Waals surface area contributed by atoms with Crippen LogP contribution >= 0.6 is 0 Å². The van der Waals surface area contributed by atoms with Crippen molar-refractivity contribution >= 4 is 16.7 Å². The number of hydrogen-bond acceptors (Lipinski definition) is 6. The van der Waals surface area contributed by atoms with Crippen molar-refractivity contribution in [3.8, 4) is 5.75 Å². The zero-order chi connectivity index (χ0) is 12.3. The Balaban J connectivity index is 2.00. The average molecular weight is 260 g/mol. The van der Waals surface area contributed by atoms with Gasteiger partial charge in [0.2, 0.25) is 0 Å². The van der Waals surface area contributed by atoms with Crippen LogP contribution in [0.25, 0.3) is 0 Å². The first-order valence-electron chi connectivity index (χ1n) is 4.79. The molecule has 1 fully saturated rings. The van der Waals surface area contributed by atoms with Crippen LogP contribution in [-0.2, 0) is 20.6 Å². The second-order valence-corrected chi connectivity index (χ2v) is 3.95. The van der Waals surface area contributed by atoms with Crippen molar-refractivity contribution in [1.29, 1.82) is 0 Å². The van der Waals surface area contributed by atoms with Gasteiger partial charge in [-0.2, -0.15) is 8.42 Å². The van der Waals surface area contributed by atoms with Crippen LogP contribution in [-0.4, -0.2) is 32.7 Å². The maximum Gasteiger partial charge on any atom is 0.320 e. The Kier molecular flexibility index (Phi) is 3.55. The van der Waals surface area contributed by atoms with E-state index in [1.807, 2.05) is 0 Å². The molecule has 0 bridgehead atoms. The zero-order valence-corrected chi connectivity index (χ0v) is 9.54. The molecule has 1 unspecified atom stereocenters. The van der Waals surface area contributed by atoms with Gasteiger partial charge in [0, 0.05) is 6.07 Å². The second kappa shape index (κ2) is 5.11. The van der Waals surface area contributed by atoms with Crippen molar-refractivity contribution in [3.63, 3.8) is 0 Å². The summed E-state index contributed by atoms with van der Waals surface area (Å²) in [5, 5.41) is 0. The van der Waals surface area contributed by atoms with E-state index in [2.05, 4.69) is 4.18 Å². The Labute approximate surface area is 98.6 Å². The minimum absolute atomic E-state index is 0.0259. The quantitative estimate of drug-likeness (QED) is 0.451. The highest BCUT2D eigenvalue weighted by molar-refractivity contribution is 7.67. The van der Waals surface area contributed by atoms with Crippen LogP contribution in [0.3, 0.4) is 0 Å². The fraction of sp³-hybridized carbons (Fsp3) is 0.333.